The lowest BCUT2D eigenvalue weighted by Gasteiger charge is -2.07. The smallest absolute Gasteiger partial charge is 0.264 e. The van der Waals surface area contributed by atoms with Crippen LogP contribution in [0.4, 0.5) is 4.39 Å². The van der Waals surface area contributed by atoms with Gasteiger partial charge in [0.2, 0.25) is 0 Å². The highest BCUT2D eigenvalue weighted by Crippen LogP contribution is 2.29. The van der Waals surface area contributed by atoms with E-state index in [1.54, 1.807) is 12.3 Å². The van der Waals surface area contributed by atoms with Gasteiger partial charge in [-0.05, 0) is 72.6 Å². The number of nitrogens with zero attached hydrogens (tertiary/aromatic N) is 2. The first-order valence-corrected chi connectivity index (χ1v) is 10.5. The average molecular weight is 421 g/mol. The summed E-state index contributed by atoms with van der Waals surface area (Å²) in [6.07, 6.45) is 4.16. The third kappa shape index (κ3) is 4.68. The molecular formula is C23H20FN3O2S. The number of hydrogen-bond acceptors (Lipinski definition) is 5. The lowest BCUT2D eigenvalue weighted by Crippen LogP contribution is -2.20. The summed E-state index contributed by atoms with van der Waals surface area (Å²) in [6.45, 7) is 2.98. The maximum Gasteiger partial charge on any atom is 0.264 e. The van der Waals surface area contributed by atoms with Crippen molar-refractivity contribution < 1.29 is 13.9 Å². The molecule has 1 amide bonds. The van der Waals surface area contributed by atoms with Gasteiger partial charge in [0, 0.05) is 18.1 Å². The predicted octanol–water partition coefficient (Wildman–Crippen LogP) is 4.58. The topological polar surface area (TPSA) is 63.6 Å². The van der Waals surface area contributed by atoms with Crippen LogP contribution < -0.4 is 10.1 Å². The number of thioether (sulfide) groups is 1. The number of fused-ring (bicyclic) bond motifs is 1. The second kappa shape index (κ2) is 9.09. The first-order valence-electron chi connectivity index (χ1n) is 9.64. The molecule has 152 valence electrons. The number of halogens is 1. The van der Waals surface area contributed by atoms with E-state index in [0.29, 0.717) is 29.6 Å². The van der Waals surface area contributed by atoms with Gasteiger partial charge in [-0.1, -0.05) is 18.2 Å². The molecule has 4 rings (SSSR count). The summed E-state index contributed by atoms with van der Waals surface area (Å²) in [4.78, 5) is 21.7. The number of carbonyl (C=O) groups excluding carboxylic acids is 1. The Hall–Kier alpha value is -3.19. The molecule has 1 aromatic heterocycles. The highest BCUT2D eigenvalue weighted by molar-refractivity contribution is 8.18. The second-order valence-electron chi connectivity index (χ2n) is 6.65. The molecule has 30 heavy (non-hydrogen) atoms. The number of hydrogen-bond donors (Lipinski definition) is 1. The molecule has 1 fully saturated rings. The Morgan fingerprint density at radius 3 is 2.97 bits per heavy atom. The molecule has 0 radical (unpaired) electrons. The van der Waals surface area contributed by atoms with Gasteiger partial charge >= 0.3 is 0 Å². The summed E-state index contributed by atoms with van der Waals surface area (Å²) < 4.78 is 18.9. The molecule has 0 atom stereocenters. The third-order valence-corrected chi connectivity index (χ3v) is 5.47. The Kier molecular flexibility index (Phi) is 6.09. The zero-order chi connectivity index (χ0) is 20.9. The molecule has 0 unspecified atom stereocenters. The van der Waals surface area contributed by atoms with Gasteiger partial charge < -0.3 is 10.1 Å². The molecule has 7 heteroatoms. The molecule has 0 aliphatic carbocycles. The van der Waals surface area contributed by atoms with E-state index in [9.17, 15) is 9.18 Å². The average Bonchev–Trinajstić information content (AvgIpc) is 3.08. The van der Waals surface area contributed by atoms with Crippen molar-refractivity contribution >= 4 is 39.8 Å². The minimum Gasteiger partial charge on any atom is -0.493 e. The van der Waals surface area contributed by atoms with Gasteiger partial charge in [0.25, 0.3) is 5.91 Å². The maximum absolute atomic E-state index is 13.3. The fraction of sp³-hybridized carbons (Fsp3) is 0.174. The number of amidine groups is 1. The Morgan fingerprint density at radius 1 is 1.23 bits per heavy atom. The second-order valence-corrected chi connectivity index (χ2v) is 7.68. The zero-order valence-electron chi connectivity index (χ0n) is 16.4. The van der Waals surface area contributed by atoms with Crippen molar-refractivity contribution in [3.63, 3.8) is 0 Å². The molecule has 0 spiro atoms. The number of benzene rings is 2. The lowest BCUT2D eigenvalue weighted by molar-refractivity contribution is -0.115. The monoisotopic (exact) mass is 421 g/mol. The molecule has 3 aromatic rings. The number of aliphatic imine (C=N–C) groups is 1. The Morgan fingerprint density at radius 2 is 2.13 bits per heavy atom. The van der Waals surface area contributed by atoms with E-state index in [2.05, 4.69) is 15.3 Å². The quantitative estimate of drug-likeness (QED) is 0.592. The van der Waals surface area contributed by atoms with Crippen LogP contribution in [0.1, 0.15) is 18.1 Å². The van der Waals surface area contributed by atoms with Crippen LogP contribution in [0, 0.1) is 5.82 Å². The highest BCUT2D eigenvalue weighted by Gasteiger charge is 2.23. The van der Waals surface area contributed by atoms with E-state index in [1.165, 1.54) is 23.9 Å². The molecule has 0 bridgehead atoms. The number of rotatable bonds is 6. The van der Waals surface area contributed by atoms with Crippen molar-refractivity contribution in [2.24, 2.45) is 4.99 Å². The fourth-order valence-corrected chi connectivity index (χ4v) is 3.99. The van der Waals surface area contributed by atoms with Crippen molar-refractivity contribution in [3.05, 3.63) is 76.6 Å². The molecule has 1 saturated heterocycles. The van der Waals surface area contributed by atoms with Gasteiger partial charge in [-0.15, -0.1) is 0 Å². The molecule has 1 aliphatic rings. The van der Waals surface area contributed by atoms with Crippen LogP contribution in [-0.2, 0) is 11.2 Å². The largest absolute Gasteiger partial charge is 0.493 e. The SMILES string of the molecule is CCOc1ccnc2ccc(C=C3SC(=NCCc4cccc(F)c4)NC3=O)cc12. The highest BCUT2D eigenvalue weighted by atomic mass is 32.2. The van der Waals surface area contributed by atoms with Gasteiger partial charge in [-0.25, -0.2) is 4.39 Å². The Labute approximate surface area is 178 Å². The minimum absolute atomic E-state index is 0.180. The first kappa shape index (κ1) is 20.1. The van der Waals surface area contributed by atoms with E-state index in [0.717, 1.165) is 27.8 Å². The normalized spacial score (nSPS) is 16.4. The van der Waals surface area contributed by atoms with E-state index in [1.807, 2.05) is 43.3 Å². The molecule has 1 N–H and O–H groups in total. The van der Waals surface area contributed by atoms with Crippen molar-refractivity contribution in [3.8, 4) is 5.75 Å². The summed E-state index contributed by atoms with van der Waals surface area (Å²) in [5.41, 5.74) is 2.60. The predicted molar refractivity (Wildman–Crippen MR) is 119 cm³/mol. The first-order chi connectivity index (χ1) is 14.6. The Balaban J connectivity index is 1.49. The standard InChI is InChI=1S/C23H20FN3O2S/c1-2-29-20-9-11-25-19-7-6-16(13-18(19)20)14-21-22(28)27-23(30-21)26-10-8-15-4-3-5-17(24)12-15/h3-7,9,11-14H,2,8,10H2,1H3,(H,26,27,28). The number of ether oxygens (including phenoxy) is 1. The summed E-state index contributed by atoms with van der Waals surface area (Å²) in [5.74, 6) is 0.332. The number of carbonyl (C=O) groups is 1. The molecule has 0 saturated carbocycles. The van der Waals surface area contributed by atoms with Crippen molar-refractivity contribution in [2.45, 2.75) is 13.3 Å². The van der Waals surface area contributed by atoms with E-state index in [4.69, 9.17) is 4.74 Å². The number of nitrogens with one attached hydrogen (secondary N) is 1. The van der Waals surface area contributed by atoms with E-state index in [-0.39, 0.29) is 11.7 Å². The van der Waals surface area contributed by atoms with Crippen LogP contribution in [-0.4, -0.2) is 29.2 Å². The molecule has 5 nitrogen and oxygen atoms in total. The Bertz CT molecular complexity index is 1160. The van der Waals surface area contributed by atoms with Crippen LogP contribution in [0.25, 0.3) is 17.0 Å². The molecule has 2 heterocycles. The van der Waals surface area contributed by atoms with Gasteiger partial charge in [0.05, 0.1) is 17.0 Å². The van der Waals surface area contributed by atoms with Gasteiger partial charge in [-0.2, -0.15) is 0 Å². The number of amides is 1. The summed E-state index contributed by atoms with van der Waals surface area (Å²) >= 11 is 1.30. The van der Waals surface area contributed by atoms with Crippen molar-refractivity contribution in [2.75, 3.05) is 13.2 Å². The summed E-state index contributed by atoms with van der Waals surface area (Å²) in [7, 11) is 0. The number of aromatic nitrogens is 1. The maximum atomic E-state index is 13.3. The van der Waals surface area contributed by atoms with Gasteiger partial charge in [-0.3, -0.25) is 14.8 Å². The molecule has 1 aliphatic heterocycles. The molecule has 2 aromatic carbocycles. The van der Waals surface area contributed by atoms with Crippen LogP contribution >= 0.6 is 11.8 Å². The van der Waals surface area contributed by atoms with Crippen LogP contribution in [0.2, 0.25) is 0 Å². The van der Waals surface area contributed by atoms with Gasteiger partial charge in [0.15, 0.2) is 5.17 Å². The molecular weight excluding hydrogens is 401 g/mol. The summed E-state index contributed by atoms with van der Waals surface area (Å²) in [5, 5.41) is 4.24. The number of pyridine rings is 1. The fourth-order valence-electron chi connectivity index (χ4n) is 3.14. The van der Waals surface area contributed by atoms with Crippen LogP contribution in [0.15, 0.2) is 64.6 Å². The van der Waals surface area contributed by atoms with Crippen LogP contribution in [0.5, 0.6) is 5.75 Å². The summed E-state index contributed by atoms with van der Waals surface area (Å²) in [6, 6.07) is 14.1. The van der Waals surface area contributed by atoms with Crippen LogP contribution in [0.3, 0.4) is 0 Å². The van der Waals surface area contributed by atoms with E-state index < -0.39 is 0 Å². The zero-order valence-corrected chi connectivity index (χ0v) is 17.2. The van der Waals surface area contributed by atoms with Crippen molar-refractivity contribution in [1.29, 1.82) is 0 Å². The van der Waals surface area contributed by atoms with Gasteiger partial charge in [0.1, 0.15) is 11.6 Å². The minimum atomic E-state index is -0.257. The van der Waals surface area contributed by atoms with Crippen molar-refractivity contribution in [1.82, 2.24) is 10.3 Å². The lowest BCUT2D eigenvalue weighted by atomic mass is 10.1. The van der Waals surface area contributed by atoms with E-state index >= 15 is 0 Å². The third-order valence-electron chi connectivity index (χ3n) is 4.52.